The Morgan fingerprint density at radius 1 is 1.19 bits per heavy atom. The zero-order valence-corrected chi connectivity index (χ0v) is 13.9. The molecular formula is C17H27ClN2O. The lowest BCUT2D eigenvalue weighted by Gasteiger charge is -2.35. The van der Waals surface area contributed by atoms with Crippen LogP contribution in [0, 0.1) is 0 Å². The van der Waals surface area contributed by atoms with Crippen LogP contribution in [-0.2, 0) is 11.3 Å². The summed E-state index contributed by atoms with van der Waals surface area (Å²) in [6.07, 6.45) is 3.17. The quantitative estimate of drug-likeness (QED) is 0.782. The molecular weight excluding hydrogens is 284 g/mol. The third-order valence-corrected chi connectivity index (χ3v) is 4.22. The van der Waals surface area contributed by atoms with Crippen molar-refractivity contribution < 1.29 is 4.74 Å². The summed E-state index contributed by atoms with van der Waals surface area (Å²) in [5, 5.41) is 4.32. The molecule has 21 heavy (non-hydrogen) atoms. The zero-order valence-electron chi connectivity index (χ0n) is 13.1. The van der Waals surface area contributed by atoms with Crippen LogP contribution in [0.3, 0.4) is 0 Å². The summed E-state index contributed by atoms with van der Waals surface area (Å²) >= 11 is 6.13. The summed E-state index contributed by atoms with van der Waals surface area (Å²) in [6, 6.07) is 8.02. The molecule has 1 saturated heterocycles. The number of rotatable bonds is 7. The Bertz CT molecular complexity index is 417. The largest absolute Gasteiger partial charge is 0.373 e. The summed E-state index contributed by atoms with van der Waals surface area (Å²) in [5.41, 5.74) is 1.18. The van der Waals surface area contributed by atoms with Gasteiger partial charge in [-0.15, -0.1) is 0 Å². The molecule has 1 N–H and O–H groups in total. The van der Waals surface area contributed by atoms with Crippen LogP contribution in [0.2, 0.25) is 5.02 Å². The maximum atomic E-state index is 6.13. The van der Waals surface area contributed by atoms with Gasteiger partial charge in [0.1, 0.15) is 0 Å². The molecule has 0 bridgehead atoms. The van der Waals surface area contributed by atoms with Crippen molar-refractivity contribution in [2.75, 3.05) is 26.2 Å². The van der Waals surface area contributed by atoms with Gasteiger partial charge in [-0.25, -0.2) is 0 Å². The summed E-state index contributed by atoms with van der Waals surface area (Å²) in [4.78, 5) is 2.52. The standard InChI is InChI=1S/C17H27ClN2O/c1-14-12-20(13-15(2)21-14)10-6-5-9-19-11-16-7-3-4-8-17(16)18/h3-4,7-8,14-15,19H,5-6,9-13H2,1-2H3. The van der Waals surface area contributed by atoms with Gasteiger partial charge in [-0.3, -0.25) is 4.90 Å². The van der Waals surface area contributed by atoms with Crippen LogP contribution >= 0.6 is 11.6 Å². The molecule has 0 radical (unpaired) electrons. The number of benzene rings is 1. The fourth-order valence-corrected chi connectivity index (χ4v) is 3.12. The molecule has 1 aromatic carbocycles. The topological polar surface area (TPSA) is 24.5 Å². The average Bonchev–Trinajstić information content (AvgIpc) is 2.43. The van der Waals surface area contributed by atoms with Gasteiger partial charge in [-0.05, 0) is 51.4 Å². The van der Waals surface area contributed by atoms with Gasteiger partial charge in [-0.2, -0.15) is 0 Å². The van der Waals surface area contributed by atoms with Crippen molar-refractivity contribution in [2.24, 2.45) is 0 Å². The Hall–Kier alpha value is -0.610. The number of nitrogens with one attached hydrogen (secondary N) is 1. The molecule has 0 spiro atoms. The fraction of sp³-hybridized carbons (Fsp3) is 0.647. The van der Waals surface area contributed by atoms with Crippen molar-refractivity contribution in [3.05, 3.63) is 34.9 Å². The third kappa shape index (κ3) is 5.95. The van der Waals surface area contributed by atoms with E-state index in [1.54, 1.807) is 0 Å². The lowest BCUT2D eigenvalue weighted by atomic mass is 10.2. The molecule has 3 nitrogen and oxygen atoms in total. The van der Waals surface area contributed by atoms with Gasteiger partial charge in [0.15, 0.2) is 0 Å². The molecule has 0 amide bonds. The first kappa shape index (κ1) is 16.8. The van der Waals surface area contributed by atoms with E-state index in [2.05, 4.69) is 30.1 Å². The van der Waals surface area contributed by atoms with E-state index in [1.807, 2.05) is 18.2 Å². The highest BCUT2D eigenvalue weighted by molar-refractivity contribution is 6.31. The summed E-state index contributed by atoms with van der Waals surface area (Å²) < 4.78 is 5.75. The van der Waals surface area contributed by atoms with E-state index in [4.69, 9.17) is 16.3 Å². The Morgan fingerprint density at radius 3 is 2.62 bits per heavy atom. The first-order valence-corrected chi connectivity index (χ1v) is 8.35. The van der Waals surface area contributed by atoms with Crippen molar-refractivity contribution in [2.45, 2.75) is 45.4 Å². The Balaban J connectivity index is 1.55. The summed E-state index contributed by atoms with van der Waals surface area (Å²) in [5.74, 6) is 0. The maximum absolute atomic E-state index is 6.13. The van der Waals surface area contributed by atoms with Crippen LogP contribution in [-0.4, -0.2) is 43.3 Å². The molecule has 1 heterocycles. The van der Waals surface area contributed by atoms with E-state index < -0.39 is 0 Å². The van der Waals surface area contributed by atoms with Crippen molar-refractivity contribution in [1.29, 1.82) is 0 Å². The number of unbranched alkanes of at least 4 members (excludes halogenated alkanes) is 1. The zero-order chi connectivity index (χ0) is 15.1. The molecule has 1 aliphatic heterocycles. The van der Waals surface area contributed by atoms with E-state index in [0.29, 0.717) is 12.2 Å². The van der Waals surface area contributed by atoms with E-state index in [-0.39, 0.29) is 0 Å². The Kier molecular flexibility index (Phi) is 6.97. The van der Waals surface area contributed by atoms with Crippen LogP contribution in [0.4, 0.5) is 0 Å². The molecule has 1 fully saturated rings. The average molecular weight is 311 g/mol. The van der Waals surface area contributed by atoms with Crippen LogP contribution in [0.5, 0.6) is 0 Å². The monoisotopic (exact) mass is 310 g/mol. The molecule has 4 heteroatoms. The van der Waals surface area contributed by atoms with Gasteiger partial charge < -0.3 is 10.1 Å². The van der Waals surface area contributed by atoms with Gasteiger partial charge in [0.05, 0.1) is 12.2 Å². The number of hydrogen-bond donors (Lipinski definition) is 1. The lowest BCUT2D eigenvalue weighted by Crippen LogP contribution is -2.45. The second kappa shape index (κ2) is 8.74. The first-order chi connectivity index (χ1) is 10.1. The number of nitrogens with zero attached hydrogens (tertiary/aromatic N) is 1. The highest BCUT2D eigenvalue weighted by Gasteiger charge is 2.21. The van der Waals surface area contributed by atoms with E-state index in [1.165, 1.54) is 24.9 Å². The van der Waals surface area contributed by atoms with E-state index in [0.717, 1.165) is 31.2 Å². The molecule has 2 atom stereocenters. The van der Waals surface area contributed by atoms with Crippen molar-refractivity contribution in [3.8, 4) is 0 Å². The van der Waals surface area contributed by atoms with Crippen LogP contribution in [0.25, 0.3) is 0 Å². The molecule has 0 aromatic heterocycles. The molecule has 118 valence electrons. The van der Waals surface area contributed by atoms with Gasteiger partial charge in [0.25, 0.3) is 0 Å². The molecule has 0 aliphatic carbocycles. The molecule has 1 aliphatic rings. The number of ether oxygens (including phenoxy) is 1. The third-order valence-electron chi connectivity index (χ3n) is 3.85. The minimum Gasteiger partial charge on any atom is -0.373 e. The Labute approximate surface area is 133 Å². The van der Waals surface area contributed by atoms with E-state index in [9.17, 15) is 0 Å². The highest BCUT2D eigenvalue weighted by atomic mass is 35.5. The molecule has 2 unspecified atom stereocenters. The first-order valence-electron chi connectivity index (χ1n) is 7.97. The Morgan fingerprint density at radius 2 is 1.90 bits per heavy atom. The summed E-state index contributed by atoms with van der Waals surface area (Å²) in [7, 11) is 0. The second-order valence-electron chi connectivity index (χ2n) is 5.99. The molecule has 1 aromatic rings. The number of morpholine rings is 1. The van der Waals surface area contributed by atoms with Crippen LogP contribution < -0.4 is 5.32 Å². The summed E-state index contributed by atoms with van der Waals surface area (Å²) in [6.45, 7) is 9.52. The van der Waals surface area contributed by atoms with Crippen LogP contribution in [0.15, 0.2) is 24.3 Å². The van der Waals surface area contributed by atoms with E-state index >= 15 is 0 Å². The van der Waals surface area contributed by atoms with Crippen molar-refractivity contribution in [3.63, 3.8) is 0 Å². The van der Waals surface area contributed by atoms with Crippen molar-refractivity contribution >= 4 is 11.6 Å². The number of halogens is 1. The fourth-order valence-electron chi connectivity index (χ4n) is 2.92. The lowest BCUT2D eigenvalue weighted by molar-refractivity contribution is -0.0681. The van der Waals surface area contributed by atoms with Crippen LogP contribution in [0.1, 0.15) is 32.3 Å². The van der Waals surface area contributed by atoms with Gasteiger partial charge in [0.2, 0.25) is 0 Å². The second-order valence-corrected chi connectivity index (χ2v) is 6.40. The van der Waals surface area contributed by atoms with Gasteiger partial charge in [-0.1, -0.05) is 29.8 Å². The predicted molar refractivity (Wildman–Crippen MR) is 88.8 cm³/mol. The minimum atomic E-state index is 0.368. The SMILES string of the molecule is CC1CN(CCCCNCc2ccccc2Cl)CC(C)O1. The van der Waals surface area contributed by atoms with Crippen molar-refractivity contribution in [1.82, 2.24) is 10.2 Å². The highest BCUT2D eigenvalue weighted by Crippen LogP contribution is 2.14. The minimum absolute atomic E-state index is 0.368. The normalized spacial score (nSPS) is 23.4. The molecule has 0 saturated carbocycles. The van der Waals surface area contributed by atoms with Gasteiger partial charge in [0, 0.05) is 24.7 Å². The van der Waals surface area contributed by atoms with Gasteiger partial charge >= 0.3 is 0 Å². The number of hydrogen-bond acceptors (Lipinski definition) is 3. The maximum Gasteiger partial charge on any atom is 0.0678 e. The predicted octanol–water partition coefficient (Wildman–Crippen LogP) is 3.32. The molecule has 2 rings (SSSR count). The smallest absolute Gasteiger partial charge is 0.0678 e.